The van der Waals surface area contributed by atoms with Gasteiger partial charge in [-0.3, -0.25) is 4.79 Å². The van der Waals surface area contributed by atoms with E-state index in [0.29, 0.717) is 5.56 Å². The average molecular weight is 493 g/mol. The van der Waals surface area contributed by atoms with Gasteiger partial charge >= 0.3 is 0 Å². The van der Waals surface area contributed by atoms with E-state index < -0.39 is 0 Å². The van der Waals surface area contributed by atoms with E-state index in [-0.39, 0.29) is 5.91 Å². The Kier molecular flexibility index (Phi) is 5.39. The normalized spacial score (nSPS) is 16.2. The minimum atomic E-state index is 0.0755. The smallest absolute Gasteiger partial charge is 0.253 e. The number of hydrogen-bond donors (Lipinski definition) is 1. The van der Waals surface area contributed by atoms with E-state index in [1.807, 2.05) is 52.0 Å². The van der Waals surface area contributed by atoms with Crippen LogP contribution in [0.1, 0.15) is 23.2 Å². The molecule has 2 saturated heterocycles. The van der Waals surface area contributed by atoms with Gasteiger partial charge in [0.25, 0.3) is 5.91 Å². The van der Waals surface area contributed by atoms with E-state index in [2.05, 4.69) is 39.5 Å². The van der Waals surface area contributed by atoms with Crippen molar-refractivity contribution in [3.05, 3.63) is 72.4 Å². The number of fused-ring (bicyclic) bond motifs is 2. The van der Waals surface area contributed by atoms with Crippen LogP contribution in [0.2, 0.25) is 0 Å². The van der Waals surface area contributed by atoms with E-state index in [4.69, 9.17) is 9.52 Å². The lowest BCUT2D eigenvalue weighted by Crippen LogP contribution is -2.46. The van der Waals surface area contributed by atoms with Crippen molar-refractivity contribution in [1.82, 2.24) is 24.8 Å². The molecule has 5 aromatic rings. The zero-order chi connectivity index (χ0) is 24.8. The number of piperazine rings is 1. The van der Waals surface area contributed by atoms with Crippen molar-refractivity contribution >= 4 is 28.2 Å². The number of nitrogens with zero attached hydrogens (tertiary/aromatic N) is 5. The molecule has 0 radical (unpaired) electrons. The van der Waals surface area contributed by atoms with Gasteiger partial charge in [0.2, 0.25) is 0 Å². The molecule has 1 N–H and O–H groups in total. The van der Waals surface area contributed by atoms with Crippen molar-refractivity contribution < 1.29 is 9.21 Å². The van der Waals surface area contributed by atoms with Crippen LogP contribution in [0.15, 0.2) is 71.3 Å². The summed E-state index contributed by atoms with van der Waals surface area (Å²) in [4.78, 5) is 21.7. The molecule has 0 atom stereocenters. The summed E-state index contributed by atoms with van der Waals surface area (Å²) in [7, 11) is 0. The lowest BCUT2D eigenvalue weighted by Gasteiger charge is -2.27. The number of hydrogen-bond acceptors (Lipinski definition) is 6. The van der Waals surface area contributed by atoms with Crippen LogP contribution in [0.5, 0.6) is 0 Å². The van der Waals surface area contributed by atoms with Gasteiger partial charge in [-0.2, -0.15) is 5.10 Å². The number of carbonyl (C=O) groups excluding carboxylic acids is 1. The van der Waals surface area contributed by atoms with Gasteiger partial charge in [-0.05, 0) is 49.2 Å². The maximum Gasteiger partial charge on any atom is 0.253 e. The van der Waals surface area contributed by atoms with Crippen molar-refractivity contribution in [2.24, 2.45) is 0 Å². The quantitative estimate of drug-likeness (QED) is 0.399. The molecule has 7 rings (SSSR count). The van der Waals surface area contributed by atoms with E-state index in [9.17, 15) is 4.79 Å². The fourth-order valence-corrected chi connectivity index (χ4v) is 5.41. The summed E-state index contributed by atoms with van der Waals surface area (Å²) < 4.78 is 8.26. The number of anilines is 1. The topological polar surface area (TPSA) is 78.9 Å². The number of rotatable bonds is 4. The molecule has 0 saturated carbocycles. The third kappa shape index (κ3) is 3.94. The Balaban J connectivity index is 1.21. The maximum atomic E-state index is 12.8. The Hall–Kier alpha value is -4.17. The first-order valence-corrected chi connectivity index (χ1v) is 13.0. The summed E-state index contributed by atoms with van der Waals surface area (Å²) in [6.07, 6.45) is 4.25. The molecule has 1 amide bonds. The summed E-state index contributed by atoms with van der Waals surface area (Å²) in [5, 5.41) is 9.26. The molecular weight excluding hydrogens is 464 g/mol. The van der Waals surface area contributed by atoms with Crippen LogP contribution in [0.3, 0.4) is 0 Å². The summed E-state index contributed by atoms with van der Waals surface area (Å²) >= 11 is 0. The van der Waals surface area contributed by atoms with E-state index in [1.165, 1.54) is 12.8 Å². The Morgan fingerprint density at radius 1 is 0.919 bits per heavy atom. The fourth-order valence-electron chi connectivity index (χ4n) is 5.41. The first-order valence-electron chi connectivity index (χ1n) is 13.0. The first kappa shape index (κ1) is 22.1. The molecular formula is C29H28N6O2. The van der Waals surface area contributed by atoms with Gasteiger partial charge in [-0.25, -0.2) is 9.50 Å². The zero-order valence-corrected chi connectivity index (χ0v) is 20.6. The molecule has 0 unspecified atom stereocenters. The molecule has 0 bridgehead atoms. The number of aromatic nitrogens is 3. The Morgan fingerprint density at radius 3 is 2.54 bits per heavy atom. The number of benzene rings is 2. The highest BCUT2D eigenvalue weighted by molar-refractivity contribution is 5.95. The number of furan rings is 1. The van der Waals surface area contributed by atoms with Gasteiger partial charge in [0.05, 0.1) is 17.6 Å². The van der Waals surface area contributed by atoms with E-state index >= 15 is 0 Å². The molecule has 3 aromatic heterocycles. The largest absolute Gasteiger partial charge is 0.452 e. The SMILES string of the molecule is O=C(c1ccc(-c2ccc3ncc(-c4cc5cccc(N6CCCC6)c5o4)n3n2)cc1)N1CCNCC1. The highest BCUT2D eigenvalue weighted by Crippen LogP contribution is 2.35. The van der Waals surface area contributed by atoms with Crippen LogP contribution >= 0.6 is 0 Å². The number of imidazole rings is 1. The molecule has 0 aliphatic carbocycles. The highest BCUT2D eigenvalue weighted by atomic mass is 16.3. The molecule has 2 aliphatic heterocycles. The first-order chi connectivity index (χ1) is 18.2. The van der Waals surface area contributed by atoms with Crippen LogP contribution in [0.4, 0.5) is 5.69 Å². The zero-order valence-electron chi connectivity index (χ0n) is 20.6. The predicted molar refractivity (Wildman–Crippen MR) is 144 cm³/mol. The van der Waals surface area contributed by atoms with Crippen molar-refractivity contribution in [2.45, 2.75) is 12.8 Å². The summed E-state index contributed by atoms with van der Waals surface area (Å²) in [5.74, 6) is 0.822. The van der Waals surface area contributed by atoms with Crippen molar-refractivity contribution in [2.75, 3.05) is 44.2 Å². The Morgan fingerprint density at radius 2 is 1.73 bits per heavy atom. The molecule has 0 spiro atoms. The van der Waals surface area contributed by atoms with Gasteiger partial charge < -0.3 is 19.5 Å². The van der Waals surface area contributed by atoms with Crippen molar-refractivity contribution in [1.29, 1.82) is 0 Å². The van der Waals surface area contributed by atoms with Gasteiger partial charge in [0.1, 0.15) is 5.69 Å². The van der Waals surface area contributed by atoms with Crippen LogP contribution in [0, 0.1) is 0 Å². The molecule has 186 valence electrons. The molecule has 2 aromatic carbocycles. The number of para-hydroxylation sites is 1. The minimum absolute atomic E-state index is 0.0755. The maximum absolute atomic E-state index is 12.8. The fraction of sp³-hybridized carbons (Fsp3) is 0.276. The molecule has 8 nitrogen and oxygen atoms in total. The van der Waals surface area contributed by atoms with Gasteiger partial charge in [-0.15, -0.1) is 0 Å². The predicted octanol–water partition coefficient (Wildman–Crippen LogP) is 4.46. The second-order valence-corrected chi connectivity index (χ2v) is 9.75. The third-order valence-corrected chi connectivity index (χ3v) is 7.42. The lowest BCUT2D eigenvalue weighted by molar-refractivity contribution is 0.0736. The highest BCUT2D eigenvalue weighted by Gasteiger charge is 2.20. The van der Waals surface area contributed by atoms with Crippen LogP contribution in [-0.4, -0.2) is 64.7 Å². The third-order valence-electron chi connectivity index (χ3n) is 7.42. The van der Waals surface area contributed by atoms with Gasteiger partial charge in [0, 0.05) is 55.8 Å². The number of carbonyl (C=O) groups is 1. The lowest BCUT2D eigenvalue weighted by atomic mass is 10.1. The molecule has 5 heterocycles. The minimum Gasteiger partial charge on any atom is -0.452 e. The monoisotopic (exact) mass is 492 g/mol. The van der Waals surface area contributed by atoms with Gasteiger partial charge in [-0.1, -0.05) is 24.3 Å². The summed E-state index contributed by atoms with van der Waals surface area (Å²) in [6.45, 7) is 5.29. The van der Waals surface area contributed by atoms with E-state index in [0.717, 1.165) is 84.3 Å². The second-order valence-electron chi connectivity index (χ2n) is 9.75. The summed E-state index contributed by atoms with van der Waals surface area (Å²) in [6, 6.07) is 20.0. The van der Waals surface area contributed by atoms with Crippen molar-refractivity contribution in [3.8, 4) is 22.7 Å². The summed E-state index contributed by atoms with van der Waals surface area (Å²) in [5.41, 5.74) is 6.08. The molecule has 2 fully saturated rings. The number of nitrogens with one attached hydrogen (secondary N) is 1. The average Bonchev–Trinajstić information content (AvgIpc) is 3.72. The van der Waals surface area contributed by atoms with Crippen molar-refractivity contribution in [3.63, 3.8) is 0 Å². The Bertz CT molecular complexity index is 1590. The van der Waals surface area contributed by atoms with Crippen LogP contribution < -0.4 is 10.2 Å². The van der Waals surface area contributed by atoms with E-state index in [1.54, 1.807) is 0 Å². The standard InChI is InChI=1S/C29H28N6O2/c36-29(34-16-12-30-13-17-34)21-8-6-20(7-9-21)23-10-11-27-31-19-25(35(27)32-23)26-18-22-4-3-5-24(28(22)37-26)33-14-1-2-15-33/h3-11,18-19,30H,1-2,12-17H2. The van der Waals surface area contributed by atoms with Crippen LogP contribution in [0.25, 0.3) is 39.3 Å². The van der Waals surface area contributed by atoms with Gasteiger partial charge in [0.15, 0.2) is 17.0 Å². The Labute approximate surface area is 214 Å². The molecule has 8 heteroatoms. The second kappa shape index (κ2) is 9.05. The molecule has 37 heavy (non-hydrogen) atoms. The molecule has 2 aliphatic rings. The number of amides is 1. The van der Waals surface area contributed by atoms with Crippen LogP contribution in [-0.2, 0) is 0 Å².